The zero-order chi connectivity index (χ0) is 14.0. The van der Waals surface area contributed by atoms with Crippen LogP contribution in [0, 0.1) is 5.82 Å². The third-order valence-electron chi connectivity index (χ3n) is 2.51. The molecule has 0 fully saturated rings. The van der Waals surface area contributed by atoms with Crippen LogP contribution in [-0.2, 0) is 0 Å². The molecule has 1 amide bonds. The Morgan fingerprint density at radius 2 is 1.95 bits per heavy atom. The van der Waals surface area contributed by atoms with Gasteiger partial charge in [0.25, 0.3) is 5.91 Å². The van der Waals surface area contributed by atoms with Crippen LogP contribution in [-0.4, -0.2) is 5.91 Å². The van der Waals surface area contributed by atoms with Gasteiger partial charge in [-0.1, -0.05) is 11.6 Å². The Balaban J connectivity index is 2.39. The molecular weight excluding hydrogens is 269 g/mol. The topological polar surface area (TPSA) is 81.1 Å². The highest BCUT2D eigenvalue weighted by Crippen LogP contribution is 2.25. The number of halogens is 2. The minimum absolute atomic E-state index is 0.0215. The van der Waals surface area contributed by atoms with Gasteiger partial charge in [-0.25, -0.2) is 4.39 Å². The Bertz CT molecular complexity index is 646. The van der Waals surface area contributed by atoms with Crippen molar-refractivity contribution in [2.24, 2.45) is 5.73 Å². The van der Waals surface area contributed by atoms with Gasteiger partial charge in [0.15, 0.2) is 0 Å². The molecule has 2 aromatic rings. The number of nitrogens with two attached hydrogens (primary N) is 2. The number of anilines is 3. The van der Waals surface area contributed by atoms with Crippen molar-refractivity contribution in [2.75, 3.05) is 11.1 Å². The molecule has 0 aliphatic carbocycles. The molecule has 5 N–H and O–H groups in total. The molecule has 19 heavy (non-hydrogen) atoms. The van der Waals surface area contributed by atoms with E-state index in [-0.39, 0.29) is 10.6 Å². The molecular formula is C13H11ClFN3O. The third kappa shape index (κ3) is 2.95. The number of carbonyl (C=O) groups is 1. The Hall–Kier alpha value is -2.27. The summed E-state index contributed by atoms with van der Waals surface area (Å²) in [6.07, 6.45) is 0. The number of primary amides is 1. The minimum atomic E-state index is -0.600. The lowest BCUT2D eigenvalue weighted by molar-refractivity contribution is 0.100. The molecule has 4 nitrogen and oxygen atoms in total. The molecule has 0 heterocycles. The first-order valence-electron chi connectivity index (χ1n) is 5.39. The lowest BCUT2D eigenvalue weighted by Crippen LogP contribution is -2.13. The average Bonchev–Trinajstić information content (AvgIpc) is 2.33. The second-order valence-corrected chi connectivity index (χ2v) is 4.33. The first-order valence-corrected chi connectivity index (χ1v) is 5.76. The Kier molecular flexibility index (Phi) is 3.57. The van der Waals surface area contributed by atoms with Crippen molar-refractivity contribution in [3.63, 3.8) is 0 Å². The smallest absolute Gasteiger partial charge is 0.250 e. The van der Waals surface area contributed by atoms with Crippen molar-refractivity contribution in [3.8, 4) is 0 Å². The predicted molar refractivity (Wildman–Crippen MR) is 74.1 cm³/mol. The highest BCUT2D eigenvalue weighted by atomic mass is 35.5. The molecule has 0 bridgehead atoms. The summed E-state index contributed by atoms with van der Waals surface area (Å²) in [7, 11) is 0. The number of rotatable bonds is 3. The first-order chi connectivity index (χ1) is 8.97. The maximum Gasteiger partial charge on any atom is 0.250 e. The van der Waals surface area contributed by atoms with Gasteiger partial charge in [-0.15, -0.1) is 0 Å². The summed E-state index contributed by atoms with van der Waals surface area (Å²) in [6.45, 7) is 0. The predicted octanol–water partition coefficient (Wildman–Crippen LogP) is 2.90. The molecule has 0 aliphatic rings. The van der Waals surface area contributed by atoms with Crippen molar-refractivity contribution in [3.05, 3.63) is 52.8 Å². The summed E-state index contributed by atoms with van der Waals surface area (Å²) in [4.78, 5) is 11.3. The van der Waals surface area contributed by atoms with Gasteiger partial charge < -0.3 is 16.8 Å². The molecule has 98 valence electrons. The highest BCUT2D eigenvalue weighted by molar-refractivity contribution is 6.30. The molecule has 0 aromatic heterocycles. The molecule has 0 saturated heterocycles. The van der Waals surface area contributed by atoms with E-state index in [1.54, 1.807) is 18.2 Å². The fraction of sp³-hybridized carbons (Fsp3) is 0. The molecule has 0 unspecified atom stereocenters. The summed E-state index contributed by atoms with van der Waals surface area (Å²) < 4.78 is 13.3. The van der Waals surface area contributed by atoms with Crippen LogP contribution in [0.2, 0.25) is 5.02 Å². The van der Waals surface area contributed by atoms with Crippen LogP contribution < -0.4 is 16.8 Å². The molecule has 6 heteroatoms. The van der Waals surface area contributed by atoms with Crippen molar-refractivity contribution < 1.29 is 9.18 Å². The van der Waals surface area contributed by atoms with Gasteiger partial charge in [0.1, 0.15) is 5.82 Å². The van der Waals surface area contributed by atoms with E-state index in [1.807, 2.05) is 0 Å². The molecule has 2 rings (SSSR count). The SMILES string of the molecule is NC(=O)c1ccc(N)cc1Nc1ccc(Cl)c(F)c1. The minimum Gasteiger partial charge on any atom is -0.399 e. The number of amides is 1. The number of nitrogens with one attached hydrogen (secondary N) is 1. The van der Waals surface area contributed by atoms with E-state index in [9.17, 15) is 9.18 Å². The Labute approximate surface area is 114 Å². The van der Waals surface area contributed by atoms with Crippen LogP contribution in [0.4, 0.5) is 21.5 Å². The second kappa shape index (κ2) is 5.16. The summed E-state index contributed by atoms with van der Waals surface area (Å²) in [5.41, 5.74) is 12.5. The van der Waals surface area contributed by atoms with E-state index in [2.05, 4.69) is 5.32 Å². The highest BCUT2D eigenvalue weighted by Gasteiger charge is 2.09. The lowest BCUT2D eigenvalue weighted by atomic mass is 10.1. The van der Waals surface area contributed by atoms with Crippen molar-refractivity contribution in [1.29, 1.82) is 0 Å². The van der Waals surface area contributed by atoms with E-state index in [1.165, 1.54) is 18.2 Å². The molecule has 0 spiro atoms. The van der Waals surface area contributed by atoms with Crippen molar-refractivity contribution in [2.45, 2.75) is 0 Å². The fourth-order valence-corrected chi connectivity index (χ4v) is 1.73. The van der Waals surface area contributed by atoms with Crippen LogP contribution in [0.5, 0.6) is 0 Å². The van der Waals surface area contributed by atoms with Crippen LogP contribution in [0.1, 0.15) is 10.4 Å². The van der Waals surface area contributed by atoms with Gasteiger partial charge in [-0.3, -0.25) is 4.79 Å². The molecule has 0 saturated carbocycles. The standard InChI is InChI=1S/C13H11ClFN3O/c14-10-4-2-8(6-11(10)15)18-12-5-7(16)1-3-9(12)13(17)19/h1-6,18H,16H2,(H2,17,19). The second-order valence-electron chi connectivity index (χ2n) is 3.92. The van der Waals surface area contributed by atoms with Gasteiger partial charge >= 0.3 is 0 Å². The molecule has 2 aromatic carbocycles. The van der Waals surface area contributed by atoms with Crippen LogP contribution in [0.3, 0.4) is 0 Å². The van der Waals surface area contributed by atoms with E-state index in [0.29, 0.717) is 17.1 Å². The number of carbonyl (C=O) groups excluding carboxylic acids is 1. The zero-order valence-corrected chi connectivity index (χ0v) is 10.5. The van der Waals surface area contributed by atoms with Crippen LogP contribution >= 0.6 is 11.6 Å². The molecule has 0 radical (unpaired) electrons. The largest absolute Gasteiger partial charge is 0.399 e. The van der Waals surface area contributed by atoms with E-state index >= 15 is 0 Å². The fourth-order valence-electron chi connectivity index (χ4n) is 1.61. The summed E-state index contributed by atoms with van der Waals surface area (Å²) in [6, 6.07) is 8.83. The number of nitrogen functional groups attached to an aromatic ring is 1. The maximum atomic E-state index is 13.3. The monoisotopic (exact) mass is 279 g/mol. The zero-order valence-electron chi connectivity index (χ0n) is 9.78. The van der Waals surface area contributed by atoms with Gasteiger partial charge in [-0.2, -0.15) is 0 Å². The van der Waals surface area contributed by atoms with Crippen LogP contribution in [0.25, 0.3) is 0 Å². The summed E-state index contributed by atoms with van der Waals surface area (Å²) in [5, 5.41) is 2.90. The third-order valence-corrected chi connectivity index (χ3v) is 2.81. The van der Waals surface area contributed by atoms with Crippen molar-refractivity contribution >= 4 is 34.6 Å². The van der Waals surface area contributed by atoms with Gasteiger partial charge in [-0.05, 0) is 36.4 Å². The van der Waals surface area contributed by atoms with E-state index < -0.39 is 11.7 Å². The molecule has 0 aliphatic heterocycles. The summed E-state index contributed by atoms with van der Waals surface area (Å²) >= 11 is 5.59. The van der Waals surface area contributed by atoms with Crippen molar-refractivity contribution in [1.82, 2.24) is 0 Å². The van der Waals surface area contributed by atoms with Gasteiger partial charge in [0.05, 0.1) is 16.3 Å². The lowest BCUT2D eigenvalue weighted by Gasteiger charge is -2.11. The number of hydrogen-bond acceptors (Lipinski definition) is 3. The normalized spacial score (nSPS) is 10.2. The Morgan fingerprint density at radius 1 is 1.21 bits per heavy atom. The van der Waals surface area contributed by atoms with Gasteiger partial charge in [0.2, 0.25) is 0 Å². The van der Waals surface area contributed by atoms with E-state index in [4.69, 9.17) is 23.1 Å². The first kappa shape index (κ1) is 13.2. The quantitative estimate of drug-likeness (QED) is 0.756. The average molecular weight is 280 g/mol. The summed E-state index contributed by atoms with van der Waals surface area (Å²) in [5.74, 6) is -1.16. The molecule has 0 atom stereocenters. The van der Waals surface area contributed by atoms with Crippen LogP contribution in [0.15, 0.2) is 36.4 Å². The van der Waals surface area contributed by atoms with E-state index in [0.717, 1.165) is 0 Å². The Morgan fingerprint density at radius 3 is 2.58 bits per heavy atom. The number of hydrogen-bond donors (Lipinski definition) is 3. The number of benzene rings is 2. The van der Waals surface area contributed by atoms with Gasteiger partial charge in [0, 0.05) is 11.4 Å². The maximum absolute atomic E-state index is 13.3.